The van der Waals surface area contributed by atoms with Crippen molar-refractivity contribution in [2.24, 2.45) is 0 Å². The van der Waals surface area contributed by atoms with Crippen molar-refractivity contribution >= 4 is 5.69 Å². The molecule has 4 nitrogen and oxygen atoms in total. The molecule has 2 aliphatic heterocycles. The molecule has 1 aromatic heterocycles. The summed E-state index contributed by atoms with van der Waals surface area (Å²) in [5.74, 6) is 0.726. The third kappa shape index (κ3) is 1.28. The Balaban J connectivity index is 1.96. The van der Waals surface area contributed by atoms with Gasteiger partial charge in [0.05, 0.1) is 19.8 Å². The van der Waals surface area contributed by atoms with Crippen molar-refractivity contribution in [3.8, 4) is 5.88 Å². The Morgan fingerprint density at radius 2 is 2.40 bits per heavy atom. The molecule has 1 saturated heterocycles. The molecule has 0 radical (unpaired) electrons. The zero-order valence-corrected chi connectivity index (χ0v) is 8.75. The summed E-state index contributed by atoms with van der Waals surface area (Å²) in [4.78, 5) is 4.26. The molecular weight excluding hydrogens is 192 g/mol. The molecule has 15 heavy (non-hydrogen) atoms. The molecule has 0 bridgehead atoms. The van der Waals surface area contributed by atoms with E-state index >= 15 is 0 Å². The Kier molecular flexibility index (Phi) is 1.85. The SMILES string of the molecule is CCc1ccnc2c1NCC1(COC1)O2. The number of nitrogens with one attached hydrogen (secondary N) is 1. The number of aryl methyl sites for hydroxylation is 1. The molecule has 1 aromatic rings. The summed E-state index contributed by atoms with van der Waals surface area (Å²) in [6, 6.07) is 2.03. The molecular formula is C11H14N2O2. The minimum absolute atomic E-state index is 0.160. The third-order valence-corrected chi connectivity index (χ3v) is 3.01. The van der Waals surface area contributed by atoms with Crippen molar-refractivity contribution in [2.45, 2.75) is 18.9 Å². The van der Waals surface area contributed by atoms with E-state index < -0.39 is 0 Å². The fraction of sp³-hybridized carbons (Fsp3) is 0.545. The minimum atomic E-state index is -0.160. The number of ether oxygens (including phenoxy) is 2. The summed E-state index contributed by atoms with van der Waals surface area (Å²) in [6.45, 7) is 4.28. The maximum absolute atomic E-state index is 5.90. The van der Waals surface area contributed by atoms with Gasteiger partial charge in [-0.15, -0.1) is 0 Å². The second kappa shape index (κ2) is 3.10. The highest BCUT2D eigenvalue weighted by atomic mass is 16.6. The fourth-order valence-electron chi connectivity index (χ4n) is 2.02. The maximum atomic E-state index is 5.90. The summed E-state index contributed by atoms with van der Waals surface area (Å²) >= 11 is 0. The summed E-state index contributed by atoms with van der Waals surface area (Å²) in [5.41, 5.74) is 2.15. The van der Waals surface area contributed by atoms with Crippen molar-refractivity contribution in [2.75, 3.05) is 25.1 Å². The van der Waals surface area contributed by atoms with E-state index in [0.717, 1.165) is 24.5 Å². The molecule has 0 unspecified atom stereocenters. The predicted octanol–water partition coefficient (Wildman–Crippen LogP) is 1.22. The van der Waals surface area contributed by atoms with Gasteiger partial charge in [0.25, 0.3) is 0 Å². The summed E-state index contributed by atoms with van der Waals surface area (Å²) in [6.07, 6.45) is 2.79. The van der Waals surface area contributed by atoms with Gasteiger partial charge in [-0.05, 0) is 18.1 Å². The van der Waals surface area contributed by atoms with Crippen LogP contribution in [0.3, 0.4) is 0 Å². The van der Waals surface area contributed by atoms with Gasteiger partial charge >= 0.3 is 0 Å². The molecule has 0 aliphatic carbocycles. The summed E-state index contributed by atoms with van der Waals surface area (Å²) in [5, 5.41) is 3.41. The molecule has 0 saturated carbocycles. The zero-order valence-electron chi connectivity index (χ0n) is 8.75. The molecule has 2 aliphatic rings. The molecule has 3 heterocycles. The summed E-state index contributed by atoms with van der Waals surface area (Å²) in [7, 11) is 0. The van der Waals surface area contributed by atoms with E-state index in [2.05, 4.69) is 17.2 Å². The monoisotopic (exact) mass is 206 g/mol. The van der Waals surface area contributed by atoms with E-state index in [1.54, 1.807) is 6.20 Å². The Labute approximate surface area is 88.6 Å². The molecule has 0 amide bonds. The number of hydrogen-bond donors (Lipinski definition) is 1. The van der Waals surface area contributed by atoms with Crippen LogP contribution in [0.1, 0.15) is 12.5 Å². The number of rotatable bonds is 1. The van der Waals surface area contributed by atoms with Gasteiger partial charge in [-0.25, -0.2) is 4.98 Å². The fourth-order valence-corrected chi connectivity index (χ4v) is 2.02. The standard InChI is InChI=1S/C11H14N2O2/c1-2-8-3-4-12-10-9(8)13-5-11(15-10)6-14-7-11/h3-4,13H,2,5-7H2,1H3. The Bertz CT molecular complexity index is 388. The highest BCUT2D eigenvalue weighted by Gasteiger charge is 2.44. The highest BCUT2D eigenvalue weighted by Crippen LogP contribution is 2.36. The lowest BCUT2D eigenvalue weighted by molar-refractivity contribution is -0.157. The highest BCUT2D eigenvalue weighted by molar-refractivity contribution is 5.60. The molecule has 3 rings (SSSR count). The number of aromatic nitrogens is 1. The number of hydrogen-bond acceptors (Lipinski definition) is 4. The molecule has 80 valence electrons. The van der Waals surface area contributed by atoms with Gasteiger partial charge in [0, 0.05) is 6.20 Å². The topological polar surface area (TPSA) is 43.4 Å². The van der Waals surface area contributed by atoms with Gasteiger partial charge in [-0.1, -0.05) is 6.92 Å². The predicted molar refractivity (Wildman–Crippen MR) is 56.3 cm³/mol. The average molecular weight is 206 g/mol. The van der Waals surface area contributed by atoms with Crippen LogP contribution in [0.5, 0.6) is 5.88 Å². The molecule has 0 aromatic carbocycles. The van der Waals surface area contributed by atoms with Crippen LogP contribution in [0, 0.1) is 0 Å². The molecule has 4 heteroatoms. The first kappa shape index (κ1) is 8.97. The van der Waals surface area contributed by atoms with Crippen LogP contribution in [0.4, 0.5) is 5.69 Å². The molecule has 1 N–H and O–H groups in total. The first-order valence-electron chi connectivity index (χ1n) is 5.31. The Morgan fingerprint density at radius 1 is 1.53 bits per heavy atom. The second-order valence-corrected chi connectivity index (χ2v) is 4.14. The van der Waals surface area contributed by atoms with E-state index in [4.69, 9.17) is 9.47 Å². The van der Waals surface area contributed by atoms with Gasteiger partial charge < -0.3 is 14.8 Å². The second-order valence-electron chi connectivity index (χ2n) is 4.14. The first-order valence-corrected chi connectivity index (χ1v) is 5.31. The van der Waals surface area contributed by atoms with Crippen LogP contribution in [0.25, 0.3) is 0 Å². The van der Waals surface area contributed by atoms with Crippen molar-refractivity contribution < 1.29 is 9.47 Å². The van der Waals surface area contributed by atoms with Gasteiger partial charge in [0.15, 0.2) is 5.60 Å². The molecule has 1 fully saturated rings. The minimum Gasteiger partial charge on any atom is -0.463 e. The number of fused-ring (bicyclic) bond motifs is 1. The number of pyridine rings is 1. The lowest BCUT2D eigenvalue weighted by atomic mass is 9.99. The van der Waals surface area contributed by atoms with Crippen LogP contribution < -0.4 is 10.1 Å². The van der Waals surface area contributed by atoms with E-state index in [9.17, 15) is 0 Å². The van der Waals surface area contributed by atoms with Crippen LogP contribution in [0.2, 0.25) is 0 Å². The quantitative estimate of drug-likeness (QED) is 0.750. The largest absolute Gasteiger partial charge is 0.463 e. The van der Waals surface area contributed by atoms with E-state index in [-0.39, 0.29) is 5.60 Å². The van der Waals surface area contributed by atoms with Crippen LogP contribution in [-0.4, -0.2) is 30.3 Å². The Hall–Kier alpha value is -1.29. The number of anilines is 1. The van der Waals surface area contributed by atoms with Gasteiger partial charge in [-0.2, -0.15) is 0 Å². The van der Waals surface area contributed by atoms with Gasteiger partial charge in [0.1, 0.15) is 5.69 Å². The molecule has 0 atom stereocenters. The van der Waals surface area contributed by atoms with Gasteiger partial charge in [0.2, 0.25) is 5.88 Å². The van der Waals surface area contributed by atoms with Crippen LogP contribution in [-0.2, 0) is 11.2 Å². The van der Waals surface area contributed by atoms with E-state index in [0.29, 0.717) is 13.2 Å². The lowest BCUT2D eigenvalue weighted by Crippen LogP contribution is -2.60. The lowest BCUT2D eigenvalue weighted by Gasteiger charge is -2.44. The van der Waals surface area contributed by atoms with Crippen molar-refractivity contribution in [1.29, 1.82) is 0 Å². The maximum Gasteiger partial charge on any atom is 0.238 e. The van der Waals surface area contributed by atoms with Crippen molar-refractivity contribution in [3.05, 3.63) is 17.8 Å². The number of nitrogens with zero attached hydrogens (tertiary/aromatic N) is 1. The van der Waals surface area contributed by atoms with Crippen molar-refractivity contribution in [1.82, 2.24) is 4.98 Å². The third-order valence-electron chi connectivity index (χ3n) is 3.01. The van der Waals surface area contributed by atoms with Crippen LogP contribution in [0.15, 0.2) is 12.3 Å². The average Bonchev–Trinajstić information content (AvgIpc) is 2.25. The Morgan fingerprint density at radius 3 is 3.07 bits per heavy atom. The van der Waals surface area contributed by atoms with Gasteiger partial charge in [-0.3, -0.25) is 0 Å². The van der Waals surface area contributed by atoms with Crippen LogP contribution >= 0.6 is 0 Å². The van der Waals surface area contributed by atoms with E-state index in [1.165, 1.54) is 5.56 Å². The van der Waals surface area contributed by atoms with Crippen molar-refractivity contribution in [3.63, 3.8) is 0 Å². The smallest absolute Gasteiger partial charge is 0.238 e. The first-order chi connectivity index (χ1) is 7.33. The molecule has 1 spiro atoms. The van der Waals surface area contributed by atoms with E-state index in [1.807, 2.05) is 6.07 Å². The zero-order chi connectivity index (χ0) is 10.3. The normalized spacial score (nSPS) is 21.1. The summed E-state index contributed by atoms with van der Waals surface area (Å²) < 4.78 is 11.1.